The SMILES string of the molecule is CCCn1c(C2(C)CCNCC2)nc2cnccc21. The fraction of sp³-hybridized carbons (Fsp3) is 0.600. The third-order valence-corrected chi connectivity index (χ3v) is 4.24. The van der Waals surface area contributed by atoms with E-state index in [0.717, 1.165) is 44.4 Å². The molecule has 1 aliphatic rings. The first-order chi connectivity index (χ1) is 9.24. The smallest absolute Gasteiger partial charge is 0.116 e. The van der Waals surface area contributed by atoms with Gasteiger partial charge in [-0.1, -0.05) is 13.8 Å². The minimum Gasteiger partial charge on any atom is -0.327 e. The van der Waals surface area contributed by atoms with Gasteiger partial charge in [0, 0.05) is 18.2 Å². The third kappa shape index (κ3) is 2.14. The first-order valence-electron chi connectivity index (χ1n) is 7.26. The molecular formula is C15H22N4. The zero-order chi connectivity index (χ0) is 13.3. The number of piperidine rings is 1. The van der Waals surface area contributed by atoms with Gasteiger partial charge in [-0.2, -0.15) is 0 Å². The molecule has 0 radical (unpaired) electrons. The predicted molar refractivity (Wildman–Crippen MR) is 77.3 cm³/mol. The quantitative estimate of drug-likeness (QED) is 0.919. The standard InChI is InChI=1S/C15H22N4/c1-3-10-19-13-4-7-17-11-12(13)18-14(19)15(2)5-8-16-9-6-15/h4,7,11,16H,3,5-6,8-10H2,1-2H3. The van der Waals surface area contributed by atoms with Crippen LogP contribution in [0.1, 0.15) is 38.9 Å². The maximum Gasteiger partial charge on any atom is 0.116 e. The number of hydrogen-bond acceptors (Lipinski definition) is 3. The van der Waals surface area contributed by atoms with Crippen molar-refractivity contribution in [2.45, 2.75) is 45.1 Å². The van der Waals surface area contributed by atoms with Gasteiger partial charge in [0.25, 0.3) is 0 Å². The lowest BCUT2D eigenvalue weighted by Crippen LogP contribution is -2.39. The number of hydrogen-bond donors (Lipinski definition) is 1. The Morgan fingerprint density at radius 1 is 1.37 bits per heavy atom. The summed E-state index contributed by atoms with van der Waals surface area (Å²) in [6.07, 6.45) is 7.20. The molecule has 4 nitrogen and oxygen atoms in total. The van der Waals surface area contributed by atoms with E-state index in [1.54, 1.807) is 0 Å². The number of rotatable bonds is 3. The van der Waals surface area contributed by atoms with E-state index in [4.69, 9.17) is 4.98 Å². The van der Waals surface area contributed by atoms with Crippen LogP contribution < -0.4 is 5.32 Å². The molecule has 0 amide bonds. The van der Waals surface area contributed by atoms with Crippen LogP contribution in [0.15, 0.2) is 18.5 Å². The van der Waals surface area contributed by atoms with Crippen LogP contribution in [0.5, 0.6) is 0 Å². The van der Waals surface area contributed by atoms with Gasteiger partial charge in [-0.25, -0.2) is 4.98 Å². The molecule has 4 heteroatoms. The summed E-state index contributed by atoms with van der Waals surface area (Å²) in [5.41, 5.74) is 2.46. The monoisotopic (exact) mass is 258 g/mol. The Morgan fingerprint density at radius 2 is 2.16 bits per heavy atom. The topological polar surface area (TPSA) is 42.7 Å². The van der Waals surface area contributed by atoms with Crippen molar-refractivity contribution < 1.29 is 0 Å². The van der Waals surface area contributed by atoms with Gasteiger partial charge >= 0.3 is 0 Å². The summed E-state index contributed by atoms with van der Waals surface area (Å²) in [7, 11) is 0. The molecule has 0 aliphatic carbocycles. The fourth-order valence-corrected chi connectivity index (χ4v) is 3.09. The van der Waals surface area contributed by atoms with E-state index in [1.807, 2.05) is 12.4 Å². The first-order valence-corrected chi connectivity index (χ1v) is 7.26. The van der Waals surface area contributed by atoms with Crippen LogP contribution in [0.3, 0.4) is 0 Å². The summed E-state index contributed by atoms with van der Waals surface area (Å²) >= 11 is 0. The minimum atomic E-state index is 0.194. The van der Waals surface area contributed by atoms with Crippen molar-refractivity contribution in [1.29, 1.82) is 0 Å². The molecule has 0 unspecified atom stereocenters. The van der Waals surface area contributed by atoms with Crippen LogP contribution in [0.4, 0.5) is 0 Å². The van der Waals surface area contributed by atoms with Crippen molar-refractivity contribution >= 4 is 11.0 Å². The van der Waals surface area contributed by atoms with Crippen molar-refractivity contribution in [3.63, 3.8) is 0 Å². The average Bonchev–Trinajstić information content (AvgIpc) is 2.80. The lowest BCUT2D eigenvalue weighted by molar-refractivity contribution is 0.309. The van der Waals surface area contributed by atoms with Crippen LogP contribution in [0.2, 0.25) is 0 Å². The molecule has 19 heavy (non-hydrogen) atoms. The number of nitrogens with zero attached hydrogens (tertiary/aromatic N) is 3. The van der Waals surface area contributed by atoms with Crippen molar-refractivity contribution in [3.8, 4) is 0 Å². The summed E-state index contributed by atoms with van der Waals surface area (Å²) in [4.78, 5) is 9.11. The molecule has 102 valence electrons. The van der Waals surface area contributed by atoms with Gasteiger partial charge in [0.05, 0.1) is 11.7 Å². The van der Waals surface area contributed by atoms with E-state index in [0.29, 0.717) is 0 Å². The summed E-state index contributed by atoms with van der Waals surface area (Å²) < 4.78 is 2.41. The Morgan fingerprint density at radius 3 is 2.89 bits per heavy atom. The largest absolute Gasteiger partial charge is 0.327 e. The average molecular weight is 258 g/mol. The maximum absolute atomic E-state index is 4.90. The molecule has 0 atom stereocenters. The molecular weight excluding hydrogens is 236 g/mol. The highest BCUT2D eigenvalue weighted by molar-refractivity contribution is 5.75. The zero-order valence-corrected chi connectivity index (χ0v) is 11.8. The minimum absolute atomic E-state index is 0.194. The second kappa shape index (κ2) is 4.93. The van der Waals surface area contributed by atoms with Crippen LogP contribution in [-0.2, 0) is 12.0 Å². The second-order valence-electron chi connectivity index (χ2n) is 5.76. The van der Waals surface area contributed by atoms with E-state index >= 15 is 0 Å². The zero-order valence-electron chi connectivity index (χ0n) is 11.8. The van der Waals surface area contributed by atoms with Gasteiger partial charge in [-0.15, -0.1) is 0 Å². The number of aromatic nitrogens is 3. The Balaban J connectivity index is 2.13. The van der Waals surface area contributed by atoms with Crippen molar-refractivity contribution in [1.82, 2.24) is 19.9 Å². The summed E-state index contributed by atoms with van der Waals surface area (Å²) in [5.74, 6) is 1.25. The third-order valence-electron chi connectivity index (χ3n) is 4.24. The number of pyridine rings is 1. The van der Waals surface area contributed by atoms with Crippen LogP contribution in [0, 0.1) is 0 Å². The van der Waals surface area contributed by atoms with E-state index < -0.39 is 0 Å². The fourth-order valence-electron chi connectivity index (χ4n) is 3.09. The Hall–Kier alpha value is -1.42. The van der Waals surface area contributed by atoms with Gasteiger partial charge < -0.3 is 9.88 Å². The Kier molecular flexibility index (Phi) is 3.27. The first kappa shape index (κ1) is 12.6. The number of aryl methyl sites for hydroxylation is 1. The molecule has 2 aromatic heterocycles. The van der Waals surface area contributed by atoms with Crippen molar-refractivity contribution in [2.75, 3.05) is 13.1 Å². The Labute approximate surface area is 114 Å². The molecule has 1 N–H and O–H groups in total. The van der Waals surface area contributed by atoms with Gasteiger partial charge in [0.1, 0.15) is 11.3 Å². The molecule has 1 saturated heterocycles. The van der Waals surface area contributed by atoms with E-state index in [1.165, 1.54) is 11.3 Å². The molecule has 1 fully saturated rings. The highest BCUT2D eigenvalue weighted by atomic mass is 15.1. The lowest BCUT2D eigenvalue weighted by Gasteiger charge is -2.33. The summed E-state index contributed by atoms with van der Waals surface area (Å²) in [5, 5.41) is 3.45. The molecule has 0 saturated carbocycles. The van der Waals surface area contributed by atoms with Gasteiger partial charge in [0.15, 0.2) is 0 Å². The van der Waals surface area contributed by atoms with E-state index in [-0.39, 0.29) is 5.41 Å². The van der Waals surface area contributed by atoms with Crippen LogP contribution in [0.25, 0.3) is 11.0 Å². The normalized spacial score (nSPS) is 18.8. The molecule has 0 bridgehead atoms. The van der Waals surface area contributed by atoms with E-state index in [9.17, 15) is 0 Å². The van der Waals surface area contributed by atoms with Gasteiger partial charge in [0.2, 0.25) is 0 Å². The molecule has 0 spiro atoms. The highest BCUT2D eigenvalue weighted by Crippen LogP contribution is 2.34. The number of fused-ring (bicyclic) bond motifs is 1. The summed E-state index contributed by atoms with van der Waals surface area (Å²) in [6.45, 7) is 7.79. The summed E-state index contributed by atoms with van der Waals surface area (Å²) in [6, 6.07) is 2.09. The molecule has 3 heterocycles. The van der Waals surface area contributed by atoms with Gasteiger partial charge in [-0.3, -0.25) is 4.98 Å². The molecule has 1 aliphatic heterocycles. The van der Waals surface area contributed by atoms with E-state index in [2.05, 4.69) is 34.8 Å². The molecule has 3 rings (SSSR count). The van der Waals surface area contributed by atoms with Crippen molar-refractivity contribution in [2.24, 2.45) is 0 Å². The van der Waals surface area contributed by atoms with Crippen LogP contribution >= 0.6 is 0 Å². The van der Waals surface area contributed by atoms with Crippen molar-refractivity contribution in [3.05, 3.63) is 24.3 Å². The van der Waals surface area contributed by atoms with Crippen LogP contribution in [-0.4, -0.2) is 27.6 Å². The molecule has 2 aromatic rings. The maximum atomic E-state index is 4.90. The highest BCUT2D eigenvalue weighted by Gasteiger charge is 2.33. The molecule has 0 aromatic carbocycles. The Bertz CT molecular complexity index is 567. The predicted octanol–water partition coefficient (Wildman–Crippen LogP) is 2.48. The number of nitrogens with one attached hydrogen (secondary N) is 1. The lowest BCUT2D eigenvalue weighted by atomic mass is 9.80. The number of imidazole rings is 1. The second-order valence-corrected chi connectivity index (χ2v) is 5.76. The van der Waals surface area contributed by atoms with Gasteiger partial charge in [-0.05, 0) is 38.4 Å².